The summed E-state index contributed by atoms with van der Waals surface area (Å²) >= 11 is 0. The first-order chi connectivity index (χ1) is 8.70. The van der Waals surface area contributed by atoms with Crippen molar-refractivity contribution in [2.24, 2.45) is 11.7 Å². The molecule has 1 amide bonds. The molecule has 0 radical (unpaired) electrons. The number of hydrogen-bond acceptors (Lipinski definition) is 3. The van der Waals surface area contributed by atoms with Gasteiger partial charge in [-0.3, -0.25) is 4.79 Å². The van der Waals surface area contributed by atoms with Crippen molar-refractivity contribution in [1.29, 1.82) is 0 Å². The van der Waals surface area contributed by atoms with Crippen LogP contribution in [0.3, 0.4) is 0 Å². The van der Waals surface area contributed by atoms with Gasteiger partial charge in [0.15, 0.2) is 0 Å². The van der Waals surface area contributed by atoms with Crippen LogP contribution in [0, 0.1) is 5.92 Å². The number of ether oxygens (including phenoxy) is 1. The van der Waals surface area contributed by atoms with Crippen LogP contribution in [0.25, 0.3) is 0 Å². The molecular weight excluding hydrogens is 228 g/mol. The van der Waals surface area contributed by atoms with Crippen LogP contribution < -0.4 is 11.1 Å². The van der Waals surface area contributed by atoms with E-state index in [1.165, 1.54) is 32.1 Å². The van der Waals surface area contributed by atoms with Gasteiger partial charge in [-0.25, -0.2) is 0 Å². The molecule has 2 rings (SSSR count). The Morgan fingerprint density at radius 3 is 2.56 bits per heavy atom. The molecule has 0 bridgehead atoms. The third kappa shape index (κ3) is 3.45. The van der Waals surface area contributed by atoms with Crippen molar-refractivity contribution in [2.75, 3.05) is 6.54 Å². The molecule has 104 valence electrons. The summed E-state index contributed by atoms with van der Waals surface area (Å²) in [5, 5.41) is 3.11. The fourth-order valence-corrected chi connectivity index (χ4v) is 3.18. The quantitative estimate of drug-likeness (QED) is 0.800. The van der Waals surface area contributed by atoms with Gasteiger partial charge in [-0.05, 0) is 38.5 Å². The first-order valence-corrected chi connectivity index (χ1v) is 7.36. The highest BCUT2D eigenvalue weighted by molar-refractivity contribution is 5.81. The number of nitrogens with two attached hydrogens (primary N) is 1. The van der Waals surface area contributed by atoms with E-state index in [1.807, 2.05) is 6.92 Å². The number of carbonyl (C=O) groups is 1. The third-order valence-electron chi connectivity index (χ3n) is 4.32. The molecule has 18 heavy (non-hydrogen) atoms. The van der Waals surface area contributed by atoms with Crippen molar-refractivity contribution in [2.45, 2.75) is 70.1 Å². The van der Waals surface area contributed by atoms with Gasteiger partial charge in [0.05, 0.1) is 6.10 Å². The molecule has 3 unspecified atom stereocenters. The predicted octanol–water partition coefficient (Wildman–Crippen LogP) is 1.58. The summed E-state index contributed by atoms with van der Waals surface area (Å²) in [7, 11) is 0. The highest BCUT2D eigenvalue weighted by Crippen LogP contribution is 2.26. The van der Waals surface area contributed by atoms with E-state index in [4.69, 9.17) is 10.5 Å². The second-order valence-electron chi connectivity index (χ2n) is 5.76. The van der Waals surface area contributed by atoms with Gasteiger partial charge in [0, 0.05) is 12.6 Å². The van der Waals surface area contributed by atoms with Gasteiger partial charge in [-0.15, -0.1) is 0 Å². The zero-order valence-electron chi connectivity index (χ0n) is 11.4. The molecule has 0 aromatic rings. The lowest BCUT2D eigenvalue weighted by Gasteiger charge is -2.30. The van der Waals surface area contributed by atoms with Crippen LogP contribution in [-0.4, -0.2) is 30.7 Å². The van der Waals surface area contributed by atoms with Crippen LogP contribution in [-0.2, 0) is 9.53 Å². The molecule has 4 heteroatoms. The normalized spacial score (nSPS) is 31.2. The van der Waals surface area contributed by atoms with E-state index in [2.05, 4.69) is 5.32 Å². The molecule has 1 heterocycles. The van der Waals surface area contributed by atoms with Crippen molar-refractivity contribution >= 4 is 5.91 Å². The van der Waals surface area contributed by atoms with E-state index in [0.717, 1.165) is 12.8 Å². The number of rotatable bonds is 4. The maximum atomic E-state index is 12.1. The molecule has 1 saturated heterocycles. The minimum atomic E-state index is -0.252. The molecular formula is C14H26N2O2. The molecule has 0 spiro atoms. The standard InChI is InChI=1S/C14H26N2O2/c1-10-7-8-13(18-10)14(17)16-12(9-15)11-5-3-2-4-6-11/h10-13H,2-9,15H2,1H3,(H,16,17). The topological polar surface area (TPSA) is 64.4 Å². The van der Waals surface area contributed by atoms with Crippen LogP contribution in [0.1, 0.15) is 51.9 Å². The van der Waals surface area contributed by atoms with Gasteiger partial charge in [-0.2, -0.15) is 0 Å². The summed E-state index contributed by atoms with van der Waals surface area (Å²) in [5.41, 5.74) is 5.82. The summed E-state index contributed by atoms with van der Waals surface area (Å²) in [6.07, 6.45) is 8.05. The van der Waals surface area contributed by atoms with E-state index >= 15 is 0 Å². The van der Waals surface area contributed by atoms with Crippen molar-refractivity contribution in [3.63, 3.8) is 0 Å². The molecule has 1 aliphatic heterocycles. The molecule has 3 N–H and O–H groups in total. The maximum absolute atomic E-state index is 12.1. The smallest absolute Gasteiger partial charge is 0.249 e. The highest BCUT2D eigenvalue weighted by Gasteiger charge is 2.31. The Hall–Kier alpha value is -0.610. The Kier molecular flexibility index (Phi) is 5.01. The van der Waals surface area contributed by atoms with E-state index < -0.39 is 0 Å². The Labute approximate surface area is 110 Å². The van der Waals surface area contributed by atoms with Crippen molar-refractivity contribution < 1.29 is 9.53 Å². The average Bonchev–Trinajstić information content (AvgIpc) is 2.83. The lowest BCUT2D eigenvalue weighted by molar-refractivity contribution is -0.132. The Balaban J connectivity index is 1.83. The van der Waals surface area contributed by atoms with E-state index in [1.54, 1.807) is 0 Å². The van der Waals surface area contributed by atoms with Crippen LogP contribution in [0.2, 0.25) is 0 Å². The third-order valence-corrected chi connectivity index (χ3v) is 4.32. The number of carbonyl (C=O) groups excluding carboxylic acids is 1. The van der Waals surface area contributed by atoms with E-state index in [0.29, 0.717) is 12.5 Å². The first-order valence-electron chi connectivity index (χ1n) is 7.36. The van der Waals surface area contributed by atoms with Gasteiger partial charge >= 0.3 is 0 Å². The zero-order chi connectivity index (χ0) is 13.0. The second kappa shape index (κ2) is 6.53. The van der Waals surface area contributed by atoms with Crippen LogP contribution in [0.15, 0.2) is 0 Å². The first kappa shape index (κ1) is 13.8. The fraction of sp³-hybridized carbons (Fsp3) is 0.929. The summed E-state index contributed by atoms with van der Waals surface area (Å²) in [6.45, 7) is 2.56. The molecule has 1 aliphatic carbocycles. The van der Waals surface area contributed by atoms with Crippen molar-refractivity contribution in [1.82, 2.24) is 5.32 Å². The van der Waals surface area contributed by atoms with Gasteiger partial charge in [-0.1, -0.05) is 19.3 Å². The fourth-order valence-electron chi connectivity index (χ4n) is 3.18. The zero-order valence-corrected chi connectivity index (χ0v) is 11.4. The van der Waals surface area contributed by atoms with Crippen LogP contribution in [0.4, 0.5) is 0 Å². The van der Waals surface area contributed by atoms with Crippen molar-refractivity contribution in [3.8, 4) is 0 Å². The Bertz CT molecular complexity index is 277. The molecule has 4 nitrogen and oxygen atoms in total. The Morgan fingerprint density at radius 1 is 1.28 bits per heavy atom. The molecule has 0 aromatic carbocycles. The lowest BCUT2D eigenvalue weighted by atomic mass is 9.84. The van der Waals surface area contributed by atoms with E-state index in [9.17, 15) is 4.79 Å². The lowest BCUT2D eigenvalue weighted by Crippen LogP contribution is -2.49. The van der Waals surface area contributed by atoms with E-state index in [-0.39, 0.29) is 24.2 Å². The van der Waals surface area contributed by atoms with Gasteiger partial charge < -0.3 is 15.8 Å². The SMILES string of the molecule is CC1CCC(C(=O)NC(CN)C2CCCCC2)O1. The molecule has 1 saturated carbocycles. The summed E-state index contributed by atoms with van der Waals surface area (Å²) < 4.78 is 5.60. The molecule has 2 aliphatic rings. The van der Waals surface area contributed by atoms with Gasteiger partial charge in [0.25, 0.3) is 0 Å². The van der Waals surface area contributed by atoms with Gasteiger partial charge in [0.2, 0.25) is 5.91 Å². The minimum absolute atomic E-state index is 0.0420. The number of amides is 1. The van der Waals surface area contributed by atoms with Gasteiger partial charge in [0.1, 0.15) is 6.10 Å². The second-order valence-corrected chi connectivity index (χ2v) is 5.76. The van der Waals surface area contributed by atoms with Crippen molar-refractivity contribution in [3.05, 3.63) is 0 Å². The Morgan fingerprint density at radius 2 is 2.00 bits per heavy atom. The largest absolute Gasteiger partial charge is 0.365 e. The number of hydrogen-bond donors (Lipinski definition) is 2. The van der Waals surface area contributed by atoms with Crippen LogP contribution in [0.5, 0.6) is 0 Å². The highest BCUT2D eigenvalue weighted by atomic mass is 16.5. The molecule has 0 aromatic heterocycles. The predicted molar refractivity (Wildman–Crippen MR) is 71.1 cm³/mol. The summed E-state index contributed by atoms with van der Waals surface area (Å²) in [6, 6.07) is 0.136. The van der Waals surface area contributed by atoms with Crippen LogP contribution >= 0.6 is 0 Å². The molecule has 2 fully saturated rings. The monoisotopic (exact) mass is 254 g/mol. The minimum Gasteiger partial charge on any atom is -0.365 e. The molecule has 3 atom stereocenters. The average molecular weight is 254 g/mol. The summed E-state index contributed by atoms with van der Waals surface area (Å²) in [4.78, 5) is 12.1. The number of nitrogens with one attached hydrogen (secondary N) is 1. The summed E-state index contributed by atoms with van der Waals surface area (Å²) in [5.74, 6) is 0.604. The maximum Gasteiger partial charge on any atom is 0.249 e.